The van der Waals surface area contributed by atoms with Crippen molar-refractivity contribution >= 4 is 18.3 Å². The van der Waals surface area contributed by atoms with Crippen molar-refractivity contribution in [2.24, 2.45) is 4.99 Å². The van der Waals surface area contributed by atoms with E-state index in [0.29, 0.717) is 12.0 Å². The van der Waals surface area contributed by atoms with Gasteiger partial charge < -0.3 is 4.90 Å². The van der Waals surface area contributed by atoms with Crippen molar-refractivity contribution in [3.05, 3.63) is 35.4 Å². The van der Waals surface area contributed by atoms with Gasteiger partial charge in [0.05, 0.1) is 12.1 Å². The van der Waals surface area contributed by atoms with Crippen LogP contribution in [0.1, 0.15) is 50.2 Å². The first-order valence-corrected chi connectivity index (χ1v) is 8.92. The van der Waals surface area contributed by atoms with Crippen LogP contribution in [0.3, 0.4) is 0 Å². The predicted molar refractivity (Wildman–Crippen MR) is 96.2 cm³/mol. The van der Waals surface area contributed by atoms with Gasteiger partial charge in [0, 0.05) is 13.1 Å². The molecule has 0 aromatic heterocycles. The molecule has 1 aliphatic rings. The van der Waals surface area contributed by atoms with Gasteiger partial charge in [0.1, 0.15) is 5.84 Å². The van der Waals surface area contributed by atoms with Crippen molar-refractivity contribution in [2.45, 2.75) is 57.8 Å². The van der Waals surface area contributed by atoms with Crippen LogP contribution in [0.15, 0.2) is 29.3 Å². The number of aliphatic imine (C=N–C) groups is 1. The summed E-state index contributed by atoms with van der Waals surface area (Å²) in [5, 5.41) is 0. The Hall–Kier alpha value is -2.38. The Morgan fingerprint density at radius 3 is 2.30 bits per heavy atom. The maximum atomic E-state index is 12.6. The van der Waals surface area contributed by atoms with Gasteiger partial charge >= 0.3 is 12.2 Å². The normalized spacial score (nSPS) is 16.1. The minimum absolute atomic E-state index is 0.0391. The lowest BCUT2D eigenvalue weighted by Crippen LogP contribution is -2.38. The van der Waals surface area contributed by atoms with Crippen molar-refractivity contribution in [1.82, 2.24) is 9.80 Å². The average molecular weight is 383 g/mol. The number of hydrogen-bond acceptors (Lipinski definition) is 2. The number of halogens is 3. The molecule has 0 radical (unpaired) electrons. The zero-order chi connectivity index (χ0) is 20.0. The van der Waals surface area contributed by atoms with Crippen LogP contribution < -0.4 is 0 Å². The van der Waals surface area contributed by atoms with E-state index in [1.807, 2.05) is 0 Å². The number of carbonyl (C=O) groups excluding carboxylic acids is 2. The van der Waals surface area contributed by atoms with Crippen molar-refractivity contribution in [1.29, 1.82) is 0 Å². The summed E-state index contributed by atoms with van der Waals surface area (Å²) in [6.07, 6.45) is 1.34. The molecule has 0 aliphatic heterocycles. The number of benzene rings is 1. The highest BCUT2D eigenvalue weighted by atomic mass is 19.4. The molecule has 0 atom stereocenters. The summed E-state index contributed by atoms with van der Waals surface area (Å²) in [5.74, 6) is 0.206. The van der Waals surface area contributed by atoms with Crippen LogP contribution in [0, 0.1) is 0 Å². The van der Waals surface area contributed by atoms with Crippen molar-refractivity contribution in [3.63, 3.8) is 0 Å². The molecule has 8 heteroatoms. The first kappa shape index (κ1) is 20.9. The lowest BCUT2D eigenvalue weighted by atomic mass is 9.95. The lowest BCUT2D eigenvalue weighted by molar-refractivity contribution is -0.137. The van der Waals surface area contributed by atoms with Gasteiger partial charge in [-0.1, -0.05) is 31.4 Å². The van der Waals surface area contributed by atoms with Gasteiger partial charge in [0.15, 0.2) is 0 Å². The van der Waals surface area contributed by atoms with Crippen molar-refractivity contribution in [2.75, 3.05) is 7.05 Å². The number of amides is 3. The molecule has 0 unspecified atom stereocenters. The number of hydrogen-bond donors (Lipinski definition) is 0. The van der Waals surface area contributed by atoms with Crippen LogP contribution in [0.25, 0.3) is 0 Å². The predicted octanol–water partition coefficient (Wildman–Crippen LogP) is 4.47. The summed E-state index contributed by atoms with van der Waals surface area (Å²) in [6, 6.07) is 4.28. The maximum absolute atomic E-state index is 12.6. The van der Waals surface area contributed by atoms with Crippen LogP contribution in [0.2, 0.25) is 0 Å². The molecule has 0 saturated heterocycles. The van der Waals surface area contributed by atoms with E-state index in [9.17, 15) is 22.8 Å². The van der Waals surface area contributed by atoms with E-state index in [2.05, 4.69) is 4.99 Å². The summed E-state index contributed by atoms with van der Waals surface area (Å²) in [6.45, 7) is 1.57. The second-order valence-corrected chi connectivity index (χ2v) is 6.77. The van der Waals surface area contributed by atoms with Crippen LogP contribution in [0.5, 0.6) is 0 Å². The second kappa shape index (κ2) is 9.01. The molecule has 27 heavy (non-hydrogen) atoms. The molecule has 0 heterocycles. The zero-order valence-electron chi connectivity index (χ0n) is 15.5. The highest BCUT2D eigenvalue weighted by Crippen LogP contribution is 2.29. The molecule has 1 saturated carbocycles. The fourth-order valence-electron chi connectivity index (χ4n) is 3.13. The van der Waals surface area contributed by atoms with E-state index in [1.54, 1.807) is 11.9 Å². The molecule has 0 bridgehead atoms. The molecule has 1 fully saturated rings. The second-order valence-electron chi connectivity index (χ2n) is 6.77. The van der Waals surface area contributed by atoms with Crippen molar-refractivity contribution in [3.8, 4) is 0 Å². The monoisotopic (exact) mass is 383 g/mol. The van der Waals surface area contributed by atoms with Gasteiger partial charge in [-0.3, -0.25) is 9.69 Å². The highest BCUT2D eigenvalue weighted by Gasteiger charge is 2.30. The molecule has 148 valence electrons. The van der Waals surface area contributed by atoms with E-state index in [0.717, 1.165) is 37.8 Å². The molecular weight excluding hydrogens is 359 g/mol. The first-order valence-electron chi connectivity index (χ1n) is 8.92. The molecule has 3 amide bonds. The van der Waals surface area contributed by atoms with Gasteiger partial charge in [-0.05, 0) is 37.5 Å². The Kier molecular flexibility index (Phi) is 6.98. The van der Waals surface area contributed by atoms with Gasteiger partial charge in [-0.25, -0.2) is 4.79 Å². The fourth-order valence-corrected chi connectivity index (χ4v) is 3.13. The Morgan fingerprint density at radius 1 is 1.19 bits per heavy atom. The van der Waals surface area contributed by atoms with Crippen molar-refractivity contribution < 1.29 is 22.8 Å². The van der Waals surface area contributed by atoms with Gasteiger partial charge in [0.25, 0.3) is 0 Å². The minimum Gasteiger partial charge on any atom is -0.323 e. The molecule has 0 N–H and O–H groups in total. The Labute approximate surface area is 156 Å². The largest absolute Gasteiger partial charge is 0.416 e. The van der Waals surface area contributed by atoms with E-state index >= 15 is 0 Å². The smallest absolute Gasteiger partial charge is 0.323 e. The number of carbonyl (C=O) groups is 2. The first-order chi connectivity index (χ1) is 12.7. The third-order valence-electron chi connectivity index (χ3n) is 4.86. The minimum atomic E-state index is -4.41. The topological polar surface area (TPSA) is 53.0 Å². The van der Waals surface area contributed by atoms with Crippen LogP contribution >= 0.6 is 0 Å². The van der Waals surface area contributed by atoms with E-state index in [1.165, 1.54) is 30.4 Å². The lowest BCUT2D eigenvalue weighted by Gasteiger charge is -2.30. The molecule has 2 rings (SSSR count). The number of alkyl halides is 3. The molecule has 5 nitrogen and oxygen atoms in total. The maximum Gasteiger partial charge on any atom is 0.416 e. The molecule has 0 spiro atoms. The summed E-state index contributed by atoms with van der Waals surface area (Å²) in [7, 11) is 1.70. The summed E-state index contributed by atoms with van der Waals surface area (Å²) in [4.78, 5) is 30.5. The summed E-state index contributed by atoms with van der Waals surface area (Å²) >= 11 is 0. The number of rotatable bonds is 4. The SMILES string of the molecule is C/C(=N/C(=O)N(C)C1CCCCC1)N(C=O)Cc1ccc(C(F)(F)F)cc1. The van der Waals surface area contributed by atoms with Crippen LogP contribution in [0.4, 0.5) is 18.0 Å². The zero-order valence-corrected chi connectivity index (χ0v) is 15.5. The third-order valence-corrected chi connectivity index (χ3v) is 4.86. The number of urea groups is 1. The molecule has 1 aromatic carbocycles. The fraction of sp³-hybridized carbons (Fsp3) is 0.526. The molecular formula is C19H24F3N3O2. The Morgan fingerprint density at radius 2 is 1.78 bits per heavy atom. The molecule has 1 aromatic rings. The summed E-state index contributed by atoms with van der Waals surface area (Å²) in [5.41, 5.74) is -0.240. The quantitative estimate of drug-likeness (QED) is 0.438. The van der Waals surface area contributed by atoms with E-state index in [-0.39, 0.29) is 18.4 Å². The third kappa shape index (κ3) is 5.80. The van der Waals surface area contributed by atoms with E-state index in [4.69, 9.17) is 0 Å². The Bertz CT molecular complexity index is 680. The summed E-state index contributed by atoms with van der Waals surface area (Å²) < 4.78 is 37.9. The Balaban J connectivity index is 2.03. The van der Waals surface area contributed by atoms with Gasteiger partial charge in [0.2, 0.25) is 6.41 Å². The molecule has 1 aliphatic carbocycles. The average Bonchev–Trinajstić information content (AvgIpc) is 2.65. The van der Waals surface area contributed by atoms with Crippen LogP contribution in [-0.4, -0.2) is 41.2 Å². The standard InChI is InChI=1S/C19H24F3N3O2/c1-14(23-18(27)24(2)17-6-4-3-5-7-17)25(13-26)12-15-8-10-16(11-9-15)19(20,21)22/h8-11,13,17H,3-7,12H2,1-2H3/b23-14-. The van der Waals surface area contributed by atoms with E-state index < -0.39 is 17.8 Å². The van der Waals surface area contributed by atoms with Crippen LogP contribution in [-0.2, 0) is 17.5 Å². The van der Waals surface area contributed by atoms with Gasteiger partial charge in [-0.2, -0.15) is 18.2 Å². The van der Waals surface area contributed by atoms with Gasteiger partial charge in [-0.15, -0.1) is 0 Å². The highest BCUT2D eigenvalue weighted by molar-refractivity contribution is 5.96. The number of nitrogens with zero attached hydrogens (tertiary/aromatic N) is 3. The number of amidine groups is 1.